The monoisotopic (exact) mass is 361 g/mol. The van der Waals surface area contributed by atoms with Crippen molar-refractivity contribution in [2.24, 2.45) is 0 Å². The van der Waals surface area contributed by atoms with Gasteiger partial charge in [0.05, 0.1) is 17.0 Å². The molecule has 25 heavy (non-hydrogen) atoms. The van der Waals surface area contributed by atoms with Crippen molar-refractivity contribution in [3.8, 4) is 0 Å². The van der Waals surface area contributed by atoms with Gasteiger partial charge in [-0.3, -0.25) is 9.59 Å². The number of carbonyl (C=O) groups is 3. The first-order valence-corrected chi connectivity index (χ1v) is 8.31. The maximum Gasteiger partial charge on any atom is 0.341 e. The van der Waals surface area contributed by atoms with Crippen molar-refractivity contribution < 1.29 is 19.1 Å². The lowest BCUT2D eigenvalue weighted by atomic mass is 10.1. The van der Waals surface area contributed by atoms with Gasteiger partial charge in [-0.1, -0.05) is 6.07 Å². The number of rotatable bonds is 6. The van der Waals surface area contributed by atoms with Gasteiger partial charge < -0.3 is 20.7 Å². The van der Waals surface area contributed by atoms with Gasteiger partial charge in [-0.05, 0) is 44.5 Å². The lowest BCUT2D eigenvalue weighted by molar-refractivity contribution is 0.0527. The quantitative estimate of drug-likeness (QED) is 0.462. The number of amides is 1. The molecule has 0 atom stereocenters. The van der Waals surface area contributed by atoms with Crippen molar-refractivity contribution >= 4 is 39.7 Å². The second-order valence-corrected chi connectivity index (χ2v) is 6.19. The molecule has 2 N–H and O–H groups in total. The molecule has 0 aliphatic rings. The number of anilines is 2. The predicted octanol–water partition coefficient (Wildman–Crippen LogP) is 3.60. The van der Waals surface area contributed by atoms with Gasteiger partial charge in [0, 0.05) is 11.3 Å². The molecule has 0 bridgehead atoms. The number of nitrogens with one attached hydrogen (secondary N) is 2. The van der Waals surface area contributed by atoms with Crippen LogP contribution >= 0.6 is 11.3 Å². The van der Waals surface area contributed by atoms with Crippen LogP contribution in [0.4, 0.5) is 10.7 Å². The first kappa shape index (κ1) is 18.6. The summed E-state index contributed by atoms with van der Waals surface area (Å²) >= 11 is 1.02. The maximum absolute atomic E-state index is 12.4. The average Bonchev–Trinajstić information content (AvgIpc) is 2.91. The SMILES string of the molecule is CCOC(=O)c1c(NC(=O)c2cccc(N[O-])c2)sc(C(C)=O)c1C. The van der Waals surface area contributed by atoms with Crippen molar-refractivity contribution in [3.63, 3.8) is 0 Å². The Hall–Kier alpha value is -2.71. The summed E-state index contributed by atoms with van der Waals surface area (Å²) in [4.78, 5) is 36.8. The van der Waals surface area contributed by atoms with Crippen LogP contribution in [0, 0.1) is 12.1 Å². The molecule has 0 unspecified atom stereocenters. The van der Waals surface area contributed by atoms with E-state index in [0.717, 1.165) is 11.3 Å². The van der Waals surface area contributed by atoms with Crippen molar-refractivity contribution in [1.29, 1.82) is 0 Å². The van der Waals surface area contributed by atoms with Crippen LogP contribution in [0.1, 0.15) is 49.8 Å². The Morgan fingerprint density at radius 2 is 2.00 bits per heavy atom. The first-order valence-electron chi connectivity index (χ1n) is 7.50. The molecular formula is C17H17N2O5S-. The van der Waals surface area contributed by atoms with Crippen LogP contribution in [-0.2, 0) is 4.74 Å². The third kappa shape index (κ3) is 4.04. The van der Waals surface area contributed by atoms with E-state index in [9.17, 15) is 19.6 Å². The van der Waals surface area contributed by atoms with Gasteiger partial charge in [-0.25, -0.2) is 4.79 Å². The largest absolute Gasteiger partial charge is 0.761 e. The van der Waals surface area contributed by atoms with Gasteiger partial charge in [0.1, 0.15) is 5.00 Å². The van der Waals surface area contributed by atoms with Crippen LogP contribution in [0.3, 0.4) is 0 Å². The average molecular weight is 361 g/mol. The van der Waals surface area contributed by atoms with Crippen molar-refractivity contribution in [1.82, 2.24) is 0 Å². The Morgan fingerprint density at radius 3 is 2.60 bits per heavy atom. The van der Waals surface area contributed by atoms with Crippen LogP contribution in [0.5, 0.6) is 0 Å². The number of ether oxygens (including phenoxy) is 1. The molecule has 1 aromatic heterocycles. The summed E-state index contributed by atoms with van der Waals surface area (Å²) in [6, 6.07) is 6.00. The number of hydrogen-bond donors (Lipinski definition) is 2. The highest BCUT2D eigenvalue weighted by Crippen LogP contribution is 2.34. The Morgan fingerprint density at radius 1 is 1.28 bits per heavy atom. The zero-order chi connectivity index (χ0) is 18.6. The van der Waals surface area contributed by atoms with Gasteiger partial charge in [-0.2, -0.15) is 0 Å². The minimum absolute atomic E-state index is 0.170. The van der Waals surface area contributed by atoms with E-state index >= 15 is 0 Å². The molecule has 7 nitrogen and oxygen atoms in total. The summed E-state index contributed by atoms with van der Waals surface area (Å²) in [7, 11) is 0. The van der Waals surface area contributed by atoms with Gasteiger partial charge >= 0.3 is 5.97 Å². The lowest BCUT2D eigenvalue weighted by Crippen LogP contribution is -2.15. The van der Waals surface area contributed by atoms with Crippen LogP contribution in [-0.4, -0.2) is 24.3 Å². The number of ketones is 1. The van der Waals surface area contributed by atoms with E-state index in [1.165, 1.54) is 25.1 Å². The van der Waals surface area contributed by atoms with Crippen LogP contribution in [0.25, 0.3) is 0 Å². The Kier molecular flexibility index (Phi) is 5.89. The molecular weight excluding hydrogens is 344 g/mol. The summed E-state index contributed by atoms with van der Waals surface area (Å²) in [5.41, 5.74) is 2.84. The smallest absolute Gasteiger partial charge is 0.341 e. The van der Waals surface area contributed by atoms with Crippen LogP contribution in [0.2, 0.25) is 0 Å². The highest BCUT2D eigenvalue weighted by atomic mass is 32.1. The molecule has 0 saturated heterocycles. The Balaban J connectivity index is 2.40. The van der Waals surface area contributed by atoms with Gasteiger partial charge in [0.25, 0.3) is 5.91 Å². The van der Waals surface area contributed by atoms with Crippen LogP contribution in [0.15, 0.2) is 24.3 Å². The molecule has 2 aromatic rings. The maximum atomic E-state index is 12.4. The molecule has 0 saturated carbocycles. The second-order valence-electron chi connectivity index (χ2n) is 5.17. The fourth-order valence-electron chi connectivity index (χ4n) is 2.29. The van der Waals surface area contributed by atoms with E-state index in [1.54, 1.807) is 25.4 Å². The summed E-state index contributed by atoms with van der Waals surface area (Å²) in [6.07, 6.45) is 0. The first-order chi connectivity index (χ1) is 11.9. The van der Waals surface area contributed by atoms with Gasteiger partial charge in [0.15, 0.2) is 5.78 Å². The Bertz CT molecular complexity index is 828. The van der Waals surface area contributed by atoms with Crippen molar-refractivity contribution in [3.05, 3.63) is 51.0 Å². The summed E-state index contributed by atoms with van der Waals surface area (Å²) < 4.78 is 5.02. The van der Waals surface area contributed by atoms with E-state index in [1.807, 2.05) is 0 Å². The van der Waals surface area contributed by atoms with Crippen LogP contribution < -0.4 is 10.8 Å². The normalized spacial score (nSPS) is 10.2. The molecule has 1 aromatic carbocycles. The zero-order valence-corrected chi connectivity index (χ0v) is 14.8. The standard InChI is InChI=1S/C17H17N2O5S/c1-4-24-17(22)13-9(2)14(10(3)20)25-16(13)18-15(21)11-6-5-7-12(8-11)19-23/h5-8,19H,4H2,1-3H3,(H,18,21)/q-1. The molecule has 0 fully saturated rings. The highest BCUT2D eigenvalue weighted by molar-refractivity contribution is 7.18. The number of carbonyl (C=O) groups excluding carboxylic acids is 3. The molecule has 132 valence electrons. The number of Topliss-reactive ketones (excluding diaryl/α,β-unsaturated/α-hetero) is 1. The van der Waals surface area contributed by atoms with E-state index in [2.05, 4.69) is 5.32 Å². The van der Waals surface area contributed by atoms with Gasteiger partial charge in [-0.15, -0.1) is 11.3 Å². The molecule has 0 spiro atoms. The number of esters is 1. The molecule has 8 heteroatoms. The van der Waals surface area contributed by atoms with E-state index in [-0.39, 0.29) is 34.2 Å². The third-order valence-corrected chi connectivity index (χ3v) is 4.72. The highest BCUT2D eigenvalue weighted by Gasteiger charge is 2.25. The van der Waals surface area contributed by atoms with E-state index in [0.29, 0.717) is 10.4 Å². The lowest BCUT2D eigenvalue weighted by Gasteiger charge is -2.11. The molecule has 0 aliphatic carbocycles. The number of hydrogen-bond acceptors (Lipinski definition) is 7. The molecule has 1 amide bonds. The fourth-order valence-corrected chi connectivity index (χ4v) is 3.37. The molecule has 0 aliphatic heterocycles. The minimum atomic E-state index is -0.603. The summed E-state index contributed by atoms with van der Waals surface area (Å²) in [5, 5.41) is 13.6. The zero-order valence-electron chi connectivity index (χ0n) is 14.0. The second kappa shape index (κ2) is 7.91. The molecule has 2 rings (SSSR count). The fraction of sp³-hybridized carbons (Fsp3) is 0.235. The van der Waals surface area contributed by atoms with Crippen molar-refractivity contribution in [2.75, 3.05) is 17.4 Å². The van der Waals surface area contributed by atoms with E-state index in [4.69, 9.17) is 4.74 Å². The summed E-state index contributed by atoms with van der Waals surface area (Å²) in [6.45, 7) is 4.87. The number of benzene rings is 1. The summed E-state index contributed by atoms with van der Waals surface area (Å²) in [5.74, 6) is -1.31. The third-order valence-electron chi connectivity index (χ3n) is 3.42. The minimum Gasteiger partial charge on any atom is -0.761 e. The van der Waals surface area contributed by atoms with Gasteiger partial charge in [0.2, 0.25) is 0 Å². The number of thiophene rings is 1. The topological polar surface area (TPSA) is 108 Å². The molecule has 1 heterocycles. The van der Waals surface area contributed by atoms with Crippen molar-refractivity contribution in [2.45, 2.75) is 20.8 Å². The predicted molar refractivity (Wildman–Crippen MR) is 96.4 cm³/mol. The van der Waals surface area contributed by atoms with E-state index < -0.39 is 11.9 Å². The molecule has 0 radical (unpaired) electrons. The Labute approximate surface area is 148 Å².